The van der Waals surface area contributed by atoms with Gasteiger partial charge in [-0.2, -0.15) is 0 Å². The first-order valence-corrected chi connectivity index (χ1v) is 5.02. The maximum atomic E-state index is 10.3. The molecule has 2 heteroatoms. The van der Waals surface area contributed by atoms with Gasteiger partial charge in [-0.15, -0.1) is 0 Å². The Balaban J connectivity index is 2.40. The molecule has 0 bridgehead atoms. The number of aryl methyl sites for hydroxylation is 2. The summed E-state index contributed by atoms with van der Waals surface area (Å²) in [6.45, 7) is 2.12. The Morgan fingerprint density at radius 2 is 1.79 bits per heavy atom. The van der Waals surface area contributed by atoms with Crippen LogP contribution in [0, 0.1) is 0 Å². The minimum Gasteiger partial charge on any atom is -0.481 e. The molecule has 1 N–H and O–H groups in total. The quantitative estimate of drug-likeness (QED) is 0.778. The Labute approximate surface area is 84.6 Å². The highest BCUT2D eigenvalue weighted by molar-refractivity contribution is 5.66. The molecule has 0 saturated carbocycles. The lowest BCUT2D eigenvalue weighted by molar-refractivity contribution is -0.137. The Morgan fingerprint density at radius 3 is 2.29 bits per heavy atom. The molecule has 0 amide bonds. The number of carboxylic acid groups (broad SMARTS) is 1. The lowest BCUT2D eigenvalue weighted by atomic mass is 10.1. The van der Waals surface area contributed by atoms with E-state index >= 15 is 0 Å². The van der Waals surface area contributed by atoms with E-state index in [1.807, 2.05) is 0 Å². The predicted octanol–water partition coefficient (Wildman–Crippen LogP) is 2.66. The standard InChI is InChI=1S/C12H16O2/c1-2-10-6-8-11(9-7-10)4-3-5-12(13)14/h6-9H,2-5H2,1H3,(H,13,14). The molecule has 1 rings (SSSR count). The second-order valence-electron chi connectivity index (χ2n) is 3.42. The molecule has 0 atom stereocenters. The molecule has 14 heavy (non-hydrogen) atoms. The summed E-state index contributed by atoms with van der Waals surface area (Å²) in [7, 11) is 0. The minimum atomic E-state index is -0.713. The SMILES string of the molecule is CCc1ccc(CCCC(=O)O)cc1. The molecule has 0 aromatic heterocycles. The van der Waals surface area contributed by atoms with Crippen molar-refractivity contribution in [2.45, 2.75) is 32.6 Å². The number of hydrogen-bond donors (Lipinski definition) is 1. The lowest BCUT2D eigenvalue weighted by Crippen LogP contribution is -1.95. The van der Waals surface area contributed by atoms with E-state index in [4.69, 9.17) is 5.11 Å². The zero-order valence-corrected chi connectivity index (χ0v) is 8.49. The van der Waals surface area contributed by atoms with Crippen LogP contribution in [0.2, 0.25) is 0 Å². The highest BCUT2D eigenvalue weighted by Gasteiger charge is 1.98. The van der Waals surface area contributed by atoms with E-state index in [0.29, 0.717) is 0 Å². The van der Waals surface area contributed by atoms with Gasteiger partial charge >= 0.3 is 5.97 Å². The molecular weight excluding hydrogens is 176 g/mol. The Morgan fingerprint density at radius 1 is 1.21 bits per heavy atom. The maximum Gasteiger partial charge on any atom is 0.303 e. The molecular formula is C12H16O2. The average Bonchev–Trinajstić information content (AvgIpc) is 2.18. The van der Waals surface area contributed by atoms with Gasteiger partial charge in [0, 0.05) is 6.42 Å². The average molecular weight is 192 g/mol. The van der Waals surface area contributed by atoms with Crippen molar-refractivity contribution in [1.82, 2.24) is 0 Å². The number of benzene rings is 1. The number of carbonyl (C=O) groups is 1. The van der Waals surface area contributed by atoms with Gasteiger partial charge < -0.3 is 5.11 Å². The van der Waals surface area contributed by atoms with Crippen molar-refractivity contribution in [3.63, 3.8) is 0 Å². The highest BCUT2D eigenvalue weighted by Crippen LogP contribution is 2.08. The van der Waals surface area contributed by atoms with Crippen LogP contribution in [0.25, 0.3) is 0 Å². The Bertz CT molecular complexity index is 288. The van der Waals surface area contributed by atoms with Crippen molar-refractivity contribution < 1.29 is 9.90 Å². The molecule has 0 aliphatic carbocycles. The third kappa shape index (κ3) is 3.60. The monoisotopic (exact) mass is 192 g/mol. The summed E-state index contributed by atoms with van der Waals surface area (Å²) in [5.41, 5.74) is 2.55. The normalized spacial score (nSPS) is 10.1. The van der Waals surface area contributed by atoms with Crippen LogP contribution in [-0.2, 0) is 17.6 Å². The molecule has 0 fully saturated rings. The molecule has 0 aliphatic heterocycles. The molecule has 0 saturated heterocycles. The third-order valence-corrected chi connectivity index (χ3v) is 2.29. The summed E-state index contributed by atoms with van der Waals surface area (Å²) in [6.07, 6.45) is 2.89. The summed E-state index contributed by atoms with van der Waals surface area (Å²) in [6, 6.07) is 8.38. The van der Waals surface area contributed by atoms with E-state index in [2.05, 4.69) is 31.2 Å². The van der Waals surface area contributed by atoms with Crippen molar-refractivity contribution >= 4 is 5.97 Å². The summed E-state index contributed by atoms with van der Waals surface area (Å²) >= 11 is 0. The van der Waals surface area contributed by atoms with E-state index in [0.717, 1.165) is 19.3 Å². The van der Waals surface area contributed by atoms with Crippen molar-refractivity contribution in [3.05, 3.63) is 35.4 Å². The van der Waals surface area contributed by atoms with Crippen LogP contribution in [0.3, 0.4) is 0 Å². The van der Waals surface area contributed by atoms with Gasteiger partial charge in [-0.3, -0.25) is 4.79 Å². The van der Waals surface area contributed by atoms with Crippen molar-refractivity contribution in [2.75, 3.05) is 0 Å². The number of carboxylic acids is 1. The zero-order valence-electron chi connectivity index (χ0n) is 8.49. The van der Waals surface area contributed by atoms with Crippen LogP contribution in [0.4, 0.5) is 0 Å². The Kier molecular flexibility index (Phi) is 4.17. The topological polar surface area (TPSA) is 37.3 Å². The summed E-state index contributed by atoms with van der Waals surface area (Å²) in [5, 5.41) is 8.47. The molecule has 2 nitrogen and oxygen atoms in total. The van der Waals surface area contributed by atoms with Gasteiger partial charge in [-0.05, 0) is 30.4 Å². The summed E-state index contributed by atoms with van der Waals surface area (Å²) < 4.78 is 0. The molecule has 1 aromatic carbocycles. The highest BCUT2D eigenvalue weighted by atomic mass is 16.4. The van der Waals surface area contributed by atoms with Gasteiger partial charge in [-0.25, -0.2) is 0 Å². The first kappa shape index (κ1) is 10.8. The van der Waals surface area contributed by atoms with Crippen LogP contribution in [0.5, 0.6) is 0 Å². The number of hydrogen-bond acceptors (Lipinski definition) is 1. The van der Waals surface area contributed by atoms with Crippen LogP contribution in [0.15, 0.2) is 24.3 Å². The van der Waals surface area contributed by atoms with E-state index in [-0.39, 0.29) is 6.42 Å². The van der Waals surface area contributed by atoms with Crippen molar-refractivity contribution in [3.8, 4) is 0 Å². The van der Waals surface area contributed by atoms with Gasteiger partial charge in [-0.1, -0.05) is 31.2 Å². The van der Waals surface area contributed by atoms with Gasteiger partial charge in [0.2, 0.25) is 0 Å². The first-order chi connectivity index (χ1) is 6.72. The Hall–Kier alpha value is -1.31. The summed E-state index contributed by atoms with van der Waals surface area (Å²) in [4.78, 5) is 10.3. The van der Waals surface area contributed by atoms with E-state index < -0.39 is 5.97 Å². The van der Waals surface area contributed by atoms with Gasteiger partial charge in [0.15, 0.2) is 0 Å². The van der Waals surface area contributed by atoms with Crippen LogP contribution < -0.4 is 0 Å². The van der Waals surface area contributed by atoms with Crippen molar-refractivity contribution in [1.29, 1.82) is 0 Å². The van der Waals surface area contributed by atoms with Crippen LogP contribution in [0.1, 0.15) is 30.9 Å². The minimum absolute atomic E-state index is 0.259. The second kappa shape index (κ2) is 5.43. The molecule has 0 radical (unpaired) electrons. The van der Waals surface area contributed by atoms with E-state index in [1.165, 1.54) is 11.1 Å². The molecule has 0 heterocycles. The smallest absolute Gasteiger partial charge is 0.303 e. The van der Waals surface area contributed by atoms with Crippen LogP contribution >= 0.6 is 0 Å². The lowest BCUT2D eigenvalue weighted by Gasteiger charge is -2.01. The zero-order chi connectivity index (χ0) is 10.4. The van der Waals surface area contributed by atoms with Gasteiger partial charge in [0.1, 0.15) is 0 Å². The third-order valence-electron chi connectivity index (χ3n) is 2.29. The van der Waals surface area contributed by atoms with Gasteiger partial charge in [0.25, 0.3) is 0 Å². The fourth-order valence-corrected chi connectivity index (χ4v) is 1.39. The van der Waals surface area contributed by atoms with E-state index in [1.54, 1.807) is 0 Å². The number of rotatable bonds is 5. The fourth-order valence-electron chi connectivity index (χ4n) is 1.39. The van der Waals surface area contributed by atoms with Gasteiger partial charge in [0.05, 0.1) is 0 Å². The second-order valence-corrected chi connectivity index (χ2v) is 3.42. The maximum absolute atomic E-state index is 10.3. The van der Waals surface area contributed by atoms with E-state index in [9.17, 15) is 4.79 Å². The summed E-state index contributed by atoms with van der Waals surface area (Å²) in [5.74, 6) is -0.713. The number of aliphatic carboxylic acids is 1. The predicted molar refractivity (Wildman–Crippen MR) is 56.4 cm³/mol. The molecule has 1 aromatic rings. The molecule has 0 unspecified atom stereocenters. The molecule has 76 valence electrons. The fraction of sp³-hybridized carbons (Fsp3) is 0.417. The molecule has 0 spiro atoms. The van der Waals surface area contributed by atoms with Crippen LogP contribution in [-0.4, -0.2) is 11.1 Å². The van der Waals surface area contributed by atoms with Crippen molar-refractivity contribution in [2.24, 2.45) is 0 Å². The first-order valence-electron chi connectivity index (χ1n) is 5.02. The largest absolute Gasteiger partial charge is 0.481 e. The molecule has 0 aliphatic rings.